The standard InChI is InChI=1S/C16H14ClF2NO/c17-13-3-1-2-12(8-13)10-20-16(21)7-5-11-4-6-14(18)15(19)9-11/h1-4,6,8-9H,5,7,10H2,(H,20,21). The number of nitrogens with one attached hydrogen (secondary N) is 1. The van der Waals surface area contributed by atoms with E-state index in [0.29, 0.717) is 23.6 Å². The van der Waals surface area contributed by atoms with E-state index in [1.165, 1.54) is 6.07 Å². The highest BCUT2D eigenvalue weighted by Crippen LogP contribution is 2.11. The molecular weight excluding hydrogens is 296 g/mol. The van der Waals surface area contributed by atoms with Gasteiger partial charge in [-0.2, -0.15) is 0 Å². The summed E-state index contributed by atoms with van der Waals surface area (Å²) in [5.74, 6) is -1.93. The van der Waals surface area contributed by atoms with Crippen molar-refractivity contribution in [2.45, 2.75) is 19.4 Å². The van der Waals surface area contributed by atoms with Crippen LogP contribution in [0.2, 0.25) is 5.02 Å². The van der Waals surface area contributed by atoms with E-state index in [9.17, 15) is 13.6 Å². The summed E-state index contributed by atoms with van der Waals surface area (Å²) in [6.07, 6.45) is 0.574. The summed E-state index contributed by atoms with van der Waals surface area (Å²) in [6.45, 7) is 0.386. The lowest BCUT2D eigenvalue weighted by atomic mass is 10.1. The van der Waals surface area contributed by atoms with Crippen LogP contribution in [0.15, 0.2) is 42.5 Å². The summed E-state index contributed by atoms with van der Waals surface area (Å²) in [6, 6.07) is 10.9. The van der Waals surface area contributed by atoms with Gasteiger partial charge in [-0.15, -0.1) is 0 Å². The molecular formula is C16H14ClF2NO. The van der Waals surface area contributed by atoms with E-state index >= 15 is 0 Å². The predicted molar refractivity (Wildman–Crippen MR) is 78.0 cm³/mol. The van der Waals surface area contributed by atoms with Gasteiger partial charge in [-0.25, -0.2) is 8.78 Å². The van der Waals surface area contributed by atoms with E-state index < -0.39 is 11.6 Å². The normalized spacial score (nSPS) is 10.4. The molecule has 0 spiro atoms. The van der Waals surface area contributed by atoms with Crippen molar-refractivity contribution in [2.75, 3.05) is 0 Å². The molecule has 1 amide bonds. The van der Waals surface area contributed by atoms with Gasteiger partial charge in [0.15, 0.2) is 11.6 Å². The van der Waals surface area contributed by atoms with Gasteiger partial charge >= 0.3 is 0 Å². The first-order valence-electron chi connectivity index (χ1n) is 6.49. The number of hydrogen-bond donors (Lipinski definition) is 1. The highest BCUT2D eigenvalue weighted by atomic mass is 35.5. The molecule has 0 unspecified atom stereocenters. The number of halogens is 3. The van der Waals surface area contributed by atoms with Crippen LogP contribution in [0.5, 0.6) is 0 Å². The Morgan fingerprint density at radius 1 is 1.05 bits per heavy atom. The molecule has 5 heteroatoms. The van der Waals surface area contributed by atoms with Crippen molar-refractivity contribution >= 4 is 17.5 Å². The van der Waals surface area contributed by atoms with Gasteiger partial charge in [-0.3, -0.25) is 4.79 Å². The summed E-state index contributed by atoms with van der Waals surface area (Å²) >= 11 is 5.85. The Labute approximate surface area is 126 Å². The number of hydrogen-bond acceptors (Lipinski definition) is 1. The maximum absolute atomic E-state index is 13.0. The summed E-state index contributed by atoms with van der Waals surface area (Å²) < 4.78 is 25.8. The summed E-state index contributed by atoms with van der Waals surface area (Å²) in [7, 11) is 0. The second-order valence-electron chi connectivity index (χ2n) is 4.66. The lowest BCUT2D eigenvalue weighted by Gasteiger charge is -2.06. The van der Waals surface area contributed by atoms with Crippen molar-refractivity contribution in [3.63, 3.8) is 0 Å². The summed E-state index contributed by atoms with van der Waals surface area (Å²) in [5.41, 5.74) is 1.50. The van der Waals surface area contributed by atoms with Crippen LogP contribution in [0.1, 0.15) is 17.5 Å². The molecule has 0 aliphatic heterocycles. The fourth-order valence-electron chi connectivity index (χ4n) is 1.89. The SMILES string of the molecule is O=C(CCc1ccc(F)c(F)c1)NCc1cccc(Cl)c1. The minimum absolute atomic E-state index is 0.153. The Kier molecular flexibility index (Phi) is 5.28. The Hall–Kier alpha value is -1.94. The van der Waals surface area contributed by atoms with E-state index in [-0.39, 0.29) is 12.3 Å². The molecule has 0 aliphatic rings. The van der Waals surface area contributed by atoms with Crippen molar-refractivity contribution in [3.05, 3.63) is 70.2 Å². The maximum Gasteiger partial charge on any atom is 0.220 e. The monoisotopic (exact) mass is 309 g/mol. The quantitative estimate of drug-likeness (QED) is 0.892. The van der Waals surface area contributed by atoms with Gasteiger partial charge in [0.1, 0.15) is 0 Å². The zero-order chi connectivity index (χ0) is 15.2. The molecule has 1 N–H and O–H groups in total. The largest absolute Gasteiger partial charge is 0.352 e. The number of aryl methyl sites for hydroxylation is 1. The Balaban J connectivity index is 1.80. The molecule has 2 nitrogen and oxygen atoms in total. The third-order valence-corrected chi connectivity index (χ3v) is 3.24. The second kappa shape index (κ2) is 7.18. The first kappa shape index (κ1) is 15.4. The van der Waals surface area contributed by atoms with Crippen LogP contribution in [0, 0.1) is 11.6 Å². The minimum atomic E-state index is -0.896. The van der Waals surface area contributed by atoms with Crippen molar-refractivity contribution in [2.24, 2.45) is 0 Å². The lowest BCUT2D eigenvalue weighted by molar-refractivity contribution is -0.121. The van der Waals surface area contributed by atoms with Gasteiger partial charge in [0.25, 0.3) is 0 Å². The van der Waals surface area contributed by atoms with E-state index in [0.717, 1.165) is 17.7 Å². The highest BCUT2D eigenvalue weighted by molar-refractivity contribution is 6.30. The maximum atomic E-state index is 13.0. The van der Waals surface area contributed by atoms with Crippen LogP contribution in [0.3, 0.4) is 0 Å². The van der Waals surface area contributed by atoms with E-state index in [1.54, 1.807) is 12.1 Å². The average Bonchev–Trinajstić information content (AvgIpc) is 2.46. The summed E-state index contributed by atoms with van der Waals surface area (Å²) in [4.78, 5) is 11.7. The molecule has 0 heterocycles. The molecule has 0 atom stereocenters. The predicted octanol–water partition coefficient (Wildman–Crippen LogP) is 3.87. The molecule has 0 saturated carbocycles. The molecule has 110 valence electrons. The molecule has 0 bridgehead atoms. The number of amides is 1. The molecule has 0 saturated heterocycles. The van der Waals surface area contributed by atoms with E-state index in [2.05, 4.69) is 5.32 Å². The fourth-order valence-corrected chi connectivity index (χ4v) is 2.10. The minimum Gasteiger partial charge on any atom is -0.352 e. The number of rotatable bonds is 5. The third-order valence-electron chi connectivity index (χ3n) is 3.00. The van der Waals surface area contributed by atoms with E-state index in [4.69, 9.17) is 11.6 Å². The smallest absolute Gasteiger partial charge is 0.220 e. The van der Waals surface area contributed by atoms with Gasteiger partial charge in [0.05, 0.1) is 0 Å². The molecule has 2 aromatic rings. The van der Waals surface area contributed by atoms with Crippen molar-refractivity contribution in [3.8, 4) is 0 Å². The van der Waals surface area contributed by atoms with Crippen LogP contribution in [0.4, 0.5) is 8.78 Å². The number of benzene rings is 2. The molecule has 0 aromatic heterocycles. The van der Waals surface area contributed by atoms with Gasteiger partial charge in [0, 0.05) is 18.0 Å². The topological polar surface area (TPSA) is 29.1 Å². The lowest BCUT2D eigenvalue weighted by Crippen LogP contribution is -2.23. The van der Waals surface area contributed by atoms with Gasteiger partial charge in [-0.05, 0) is 41.8 Å². The summed E-state index contributed by atoms with van der Waals surface area (Å²) in [5, 5.41) is 3.37. The first-order valence-corrected chi connectivity index (χ1v) is 6.87. The third kappa shape index (κ3) is 4.83. The Morgan fingerprint density at radius 2 is 1.86 bits per heavy atom. The molecule has 0 radical (unpaired) electrons. The average molecular weight is 310 g/mol. The molecule has 2 rings (SSSR count). The molecule has 0 aliphatic carbocycles. The molecule has 2 aromatic carbocycles. The van der Waals surface area contributed by atoms with Crippen LogP contribution >= 0.6 is 11.6 Å². The zero-order valence-corrected chi connectivity index (χ0v) is 12.0. The van der Waals surface area contributed by atoms with Crippen molar-refractivity contribution in [1.29, 1.82) is 0 Å². The van der Waals surface area contributed by atoms with Crippen LogP contribution in [0.25, 0.3) is 0 Å². The second-order valence-corrected chi connectivity index (χ2v) is 5.09. The fraction of sp³-hybridized carbons (Fsp3) is 0.188. The van der Waals surface area contributed by atoms with Crippen LogP contribution in [-0.2, 0) is 17.8 Å². The number of carbonyl (C=O) groups excluding carboxylic acids is 1. The molecule has 21 heavy (non-hydrogen) atoms. The zero-order valence-electron chi connectivity index (χ0n) is 11.2. The molecule has 0 fully saturated rings. The Morgan fingerprint density at radius 3 is 2.57 bits per heavy atom. The van der Waals surface area contributed by atoms with Crippen molar-refractivity contribution < 1.29 is 13.6 Å². The van der Waals surface area contributed by atoms with Gasteiger partial charge in [-0.1, -0.05) is 29.8 Å². The highest BCUT2D eigenvalue weighted by Gasteiger charge is 2.06. The van der Waals surface area contributed by atoms with Crippen LogP contribution < -0.4 is 5.32 Å². The first-order chi connectivity index (χ1) is 10.0. The number of carbonyl (C=O) groups is 1. The van der Waals surface area contributed by atoms with Gasteiger partial charge < -0.3 is 5.32 Å². The van der Waals surface area contributed by atoms with E-state index in [1.807, 2.05) is 12.1 Å². The van der Waals surface area contributed by atoms with Crippen molar-refractivity contribution in [1.82, 2.24) is 5.32 Å². The van der Waals surface area contributed by atoms with Crippen LogP contribution in [-0.4, -0.2) is 5.91 Å². The Bertz CT molecular complexity index is 646. The van der Waals surface area contributed by atoms with Gasteiger partial charge in [0.2, 0.25) is 5.91 Å².